The fourth-order valence-corrected chi connectivity index (χ4v) is 3.23. The zero-order chi connectivity index (χ0) is 14.3. The molecule has 1 aromatic heterocycles. The Balaban J connectivity index is 1.91. The molecule has 1 aromatic carbocycles. The predicted molar refractivity (Wildman–Crippen MR) is 78.8 cm³/mol. The lowest BCUT2D eigenvalue weighted by atomic mass is 10.1. The Morgan fingerprint density at radius 2 is 2.10 bits per heavy atom. The van der Waals surface area contributed by atoms with E-state index in [0.29, 0.717) is 18.7 Å². The van der Waals surface area contributed by atoms with Crippen LogP contribution in [0.15, 0.2) is 33.4 Å². The molecule has 1 amide bonds. The highest BCUT2D eigenvalue weighted by atomic mass is 79.9. The number of hydrogen-bond donors (Lipinski definition) is 0. The highest BCUT2D eigenvalue weighted by Gasteiger charge is 2.36. The molecule has 0 unspecified atom stereocenters. The van der Waals surface area contributed by atoms with Gasteiger partial charge in [0, 0.05) is 6.54 Å². The Morgan fingerprint density at radius 1 is 1.30 bits per heavy atom. The van der Waals surface area contributed by atoms with E-state index in [1.807, 2.05) is 16.8 Å². The van der Waals surface area contributed by atoms with Gasteiger partial charge in [0.1, 0.15) is 5.82 Å². The summed E-state index contributed by atoms with van der Waals surface area (Å²) in [7, 11) is 0. The van der Waals surface area contributed by atoms with Gasteiger partial charge in [0.25, 0.3) is 11.7 Å². The molecule has 0 spiro atoms. The molecule has 0 bridgehead atoms. The fourth-order valence-electron chi connectivity index (χ4n) is 2.19. The molecule has 0 saturated carbocycles. The first kappa shape index (κ1) is 13.5. The van der Waals surface area contributed by atoms with Crippen molar-refractivity contribution in [2.45, 2.75) is 6.42 Å². The Bertz CT molecular complexity index is 699. The van der Waals surface area contributed by atoms with E-state index in [-0.39, 0.29) is 10.0 Å². The number of thiophene rings is 1. The molecule has 3 rings (SSSR count). The third kappa shape index (κ3) is 2.19. The van der Waals surface area contributed by atoms with Gasteiger partial charge in [-0.1, -0.05) is 0 Å². The summed E-state index contributed by atoms with van der Waals surface area (Å²) in [5, 5.41) is 3.95. The van der Waals surface area contributed by atoms with Crippen molar-refractivity contribution >= 4 is 44.6 Å². The van der Waals surface area contributed by atoms with Crippen LogP contribution >= 0.6 is 27.3 Å². The SMILES string of the molecule is O=C1C(=O)N(CCc2ccsc2)c2cc(F)c(Br)cc21. The van der Waals surface area contributed by atoms with Crippen LogP contribution in [0.5, 0.6) is 0 Å². The standard InChI is InChI=1S/C14H9BrFNO2S/c15-10-5-9-12(6-11(10)16)17(14(19)13(9)18)3-1-8-2-4-20-7-8/h2,4-7H,1,3H2. The van der Waals surface area contributed by atoms with E-state index in [1.54, 1.807) is 11.3 Å². The van der Waals surface area contributed by atoms with Crippen LogP contribution in [0.25, 0.3) is 0 Å². The molecule has 3 nitrogen and oxygen atoms in total. The molecule has 0 N–H and O–H groups in total. The number of ketones is 1. The second kappa shape index (κ2) is 5.10. The number of benzene rings is 1. The number of nitrogens with zero attached hydrogens (tertiary/aromatic N) is 1. The van der Waals surface area contributed by atoms with E-state index in [2.05, 4.69) is 15.9 Å². The monoisotopic (exact) mass is 353 g/mol. The minimum Gasteiger partial charge on any atom is -0.304 e. The summed E-state index contributed by atoms with van der Waals surface area (Å²) in [6.07, 6.45) is 0.639. The average molecular weight is 354 g/mol. The third-order valence-electron chi connectivity index (χ3n) is 3.22. The highest BCUT2D eigenvalue weighted by Crippen LogP contribution is 2.33. The van der Waals surface area contributed by atoms with Crippen LogP contribution in [0.3, 0.4) is 0 Å². The Morgan fingerprint density at radius 3 is 2.80 bits per heavy atom. The van der Waals surface area contributed by atoms with Gasteiger partial charge in [-0.3, -0.25) is 9.59 Å². The van der Waals surface area contributed by atoms with Crippen molar-refractivity contribution in [3.05, 3.63) is 50.4 Å². The maximum Gasteiger partial charge on any atom is 0.299 e. The van der Waals surface area contributed by atoms with Crippen molar-refractivity contribution in [1.29, 1.82) is 0 Å². The van der Waals surface area contributed by atoms with Crippen LogP contribution in [-0.2, 0) is 11.2 Å². The number of hydrogen-bond acceptors (Lipinski definition) is 3. The number of halogens is 2. The number of amides is 1. The molecule has 0 radical (unpaired) electrons. The number of rotatable bonds is 3. The summed E-state index contributed by atoms with van der Waals surface area (Å²) >= 11 is 4.61. The van der Waals surface area contributed by atoms with Gasteiger partial charge >= 0.3 is 0 Å². The van der Waals surface area contributed by atoms with Gasteiger partial charge < -0.3 is 4.90 Å². The van der Waals surface area contributed by atoms with E-state index in [4.69, 9.17) is 0 Å². The molecule has 1 aliphatic rings. The van der Waals surface area contributed by atoms with Crippen LogP contribution < -0.4 is 4.90 Å². The van der Waals surface area contributed by atoms with Gasteiger partial charge in [0.2, 0.25) is 0 Å². The van der Waals surface area contributed by atoms with Gasteiger partial charge in [-0.05, 0) is 56.9 Å². The Kier molecular flexibility index (Phi) is 3.43. The number of fused-ring (bicyclic) bond motifs is 1. The van der Waals surface area contributed by atoms with Crippen LogP contribution in [0, 0.1) is 5.82 Å². The molecule has 0 fully saturated rings. The van der Waals surface area contributed by atoms with Crippen molar-refractivity contribution in [3.8, 4) is 0 Å². The third-order valence-corrected chi connectivity index (χ3v) is 4.56. The summed E-state index contributed by atoms with van der Waals surface area (Å²) < 4.78 is 13.8. The first-order chi connectivity index (χ1) is 9.58. The Labute approximate surface area is 127 Å². The van der Waals surface area contributed by atoms with Gasteiger partial charge in [0.05, 0.1) is 15.7 Å². The minimum atomic E-state index is -0.590. The fraction of sp³-hybridized carbons (Fsp3) is 0.143. The highest BCUT2D eigenvalue weighted by molar-refractivity contribution is 9.10. The van der Waals surface area contributed by atoms with Crippen LogP contribution in [-0.4, -0.2) is 18.2 Å². The number of Topliss-reactive ketones (excluding diaryl/α,β-unsaturated/α-hetero) is 1. The normalized spacial score (nSPS) is 14.0. The Hall–Kier alpha value is -1.53. The maximum absolute atomic E-state index is 13.6. The number of carbonyl (C=O) groups excluding carboxylic acids is 2. The molecule has 0 aliphatic carbocycles. The van der Waals surface area contributed by atoms with E-state index in [0.717, 1.165) is 5.56 Å². The summed E-state index contributed by atoms with van der Waals surface area (Å²) in [5.74, 6) is -1.65. The summed E-state index contributed by atoms with van der Waals surface area (Å²) in [5.41, 5.74) is 1.71. The van der Waals surface area contributed by atoms with Gasteiger partial charge in [-0.25, -0.2) is 4.39 Å². The minimum absolute atomic E-state index is 0.192. The molecular weight excluding hydrogens is 345 g/mol. The van der Waals surface area contributed by atoms with Gasteiger partial charge in [-0.2, -0.15) is 11.3 Å². The molecule has 20 heavy (non-hydrogen) atoms. The molecule has 2 aromatic rings. The van der Waals surface area contributed by atoms with Gasteiger partial charge in [-0.15, -0.1) is 0 Å². The zero-order valence-corrected chi connectivity index (χ0v) is 12.6. The smallest absolute Gasteiger partial charge is 0.299 e. The number of carbonyl (C=O) groups is 2. The molecule has 102 valence electrons. The predicted octanol–water partition coefficient (Wildman–Crippen LogP) is 3.42. The van der Waals surface area contributed by atoms with Crippen LogP contribution in [0.1, 0.15) is 15.9 Å². The molecule has 2 heterocycles. The second-order valence-electron chi connectivity index (χ2n) is 4.45. The molecule has 1 aliphatic heterocycles. The van der Waals surface area contributed by atoms with E-state index < -0.39 is 17.5 Å². The quantitative estimate of drug-likeness (QED) is 0.792. The summed E-state index contributed by atoms with van der Waals surface area (Å²) in [6, 6.07) is 4.57. The second-order valence-corrected chi connectivity index (χ2v) is 6.09. The lowest BCUT2D eigenvalue weighted by Gasteiger charge is -2.16. The van der Waals surface area contributed by atoms with E-state index in [9.17, 15) is 14.0 Å². The van der Waals surface area contributed by atoms with Crippen molar-refractivity contribution in [2.75, 3.05) is 11.4 Å². The van der Waals surface area contributed by atoms with Crippen molar-refractivity contribution in [1.82, 2.24) is 0 Å². The van der Waals surface area contributed by atoms with Crippen molar-refractivity contribution in [2.24, 2.45) is 0 Å². The van der Waals surface area contributed by atoms with E-state index >= 15 is 0 Å². The average Bonchev–Trinajstić information content (AvgIpc) is 3.00. The first-order valence-corrected chi connectivity index (χ1v) is 7.68. The largest absolute Gasteiger partial charge is 0.304 e. The first-order valence-electron chi connectivity index (χ1n) is 5.94. The molecule has 0 atom stereocenters. The van der Waals surface area contributed by atoms with Crippen LogP contribution in [0.2, 0.25) is 0 Å². The summed E-state index contributed by atoms with van der Waals surface area (Å²) in [6.45, 7) is 0.370. The van der Waals surface area contributed by atoms with Crippen molar-refractivity contribution in [3.63, 3.8) is 0 Å². The molecule has 6 heteroatoms. The van der Waals surface area contributed by atoms with Crippen LogP contribution in [0.4, 0.5) is 10.1 Å². The lowest BCUT2D eigenvalue weighted by molar-refractivity contribution is -0.114. The summed E-state index contributed by atoms with van der Waals surface area (Å²) in [4.78, 5) is 25.2. The topological polar surface area (TPSA) is 37.4 Å². The maximum atomic E-state index is 13.6. The lowest BCUT2D eigenvalue weighted by Crippen LogP contribution is -2.31. The van der Waals surface area contributed by atoms with Gasteiger partial charge in [0.15, 0.2) is 0 Å². The van der Waals surface area contributed by atoms with E-state index in [1.165, 1.54) is 17.0 Å². The molecule has 0 saturated heterocycles. The molecular formula is C14H9BrFNO2S. The van der Waals surface area contributed by atoms with Crippen molar-refractivity contribution < 1.29 is 14.0 Å². The number of anilines is 1. The zero-order valence-electron chi connectivity index (χ0n) is 10.2.